The van der Waals surface area contributed by atoms with Crippen molar-refractivity contribution in [2.75, 3.05) is 12.4 Å². The first-order valence-corrected chi connectivity index (χ1v) is 10.9. The van der Waals surface area contributed by atoms with E-state index < -0.39 is 0 Å². The van der Waals surface area contributed by atoms with Crippen molar-refractivity contribution >= 4 is 17.5 Å². The molecule has 0 aliphatic heterocycles. The van der Waals surface area contributed by atoms with Crippen molar-refractivity contribution < 1.29 is 19.5 Å². The van der Waals surface area contributed by atoms with E-state index in [-0.39, 0.29) is 18.4 Å². The van der Waals surface area contributed by atoms with Gasteiger partial charge in [0.2, 0.25) is 5.91 Å². The summed E-state index contributed by atoms with van der Waals surface area (Å²) in [5.74, 6) is 0.640. The number of carbonyl (C=O) groups excluding carboxylic acids is 2. The van der Waals surface area contributed by atoms with E-state index in [0.717, 1.165) is 57.1 Å². The second-order valence-electron chi connectivity index (χ2n) is 7.09. The topological polar surface area (TPSA) is 127 Å². The fourth-order valence-electron chi connectivity index (χ4n) is 2.96. The fraction of sp³-hybridized carbons (Fsp3) is 0.522. The number of rotatable bonds is 11. The Bertz CT molecular complexity index is 719. The molecule has 0 spiro atoms. The molecule has 1 aliphatic carbocycles. The zero-order chi connectivity index (χ0) is 22.7. The SMILES string of the molecule is CN.O=C(CCCCCCC(=O)Nc1cncc(CO)c1)NO/C1=C/CC/C=C\CC1. The van der Waals surface area contributed by atoms with Crippen molar-refractivity contribution in [3.05, 3.63) is 48.0 Å². The number of unbranched alkanes of at least 4 members (excludes halogenated alkanes) is 3. The number of carbonyl (C=O) groups is 2. The molecule has 0 saturated carbocycles. The summed E-state index contributed by atoms with van der Waals surface area (Å²) in [6.45, 7) is -0.107. The maximum Gasteiger partial charge on any atom is 0.252 e. The molecule has 1 aliphatic rings. The highest BCUT2D eigenvalue weighted by Gasteiger charge is 2.06. The first-order chi connectivity index (χ1) is 15.2. The van der Waals surface area contributed by atoms with E-state index in [1.54, 1.807) is 18.5 Å². The number of aromatic nitrogens is 1. The molecular weight excluding hydrogens is 396 g/mol. The molecule has 0 radical (unpaired) electrons. The number of amides is 2. The van der Waals surface area contributed by atoms with Crippen molar-refractivity contribution in [1.29, 1.82) is 0 Å². The van der Waals surface area contributed by atoms with Crippen LogP contribution in [0.25, 0.3) is 0 Å². The first kappa shape index (κ1) is 26.3. The van der Waals surface area contributed by atoms with Crippen LogP contribution in [0.3, 0.4) is 0 Å². The number of aliphatic hydroxyl groups excluding tert-OH is 1. The zero-order valence-corrected chi connectivity index (χ0v) is 18.4. The van der Waals surface area contributed by atoms with Crippen LogP contribution in [0.1, 0.15) is 69.8 Å². The first-order valence-electron chi connectivity index (χ1n) is 10.9. The molecular formula is C23H36N4O4. The van der Waals surface area contributed by atoms with Gasteiger partial charge < -0.3 is 21.0 Å². The monoisotopic (exact) mass is 432 g/mol. The van der Waals surface area contributed by atoms with Crippen LogP contribution in [0.2, 0.25) is 0 Å². The number of allylic oxidation sites excluding steroid dienone is 4. The minimum Gasteiger partial charge on any atom is -0.392 e. The Morgan fingerprint density at radius 2 is 1.74 bits per heavy atom. The molecule has 0 atom stereocenters. The molecule has 1 aromatic rings. The quantitative estimate of drug-likeness (QED) is 0.241. The van der Waals surface area contributed by atoms with Gasteiger partial charge in [-0.25, -0.2) is 0 Å². The molecule has 8 heteroatoms. The zero-order valence-electron chi connectivity index (χ0n) is 18.4. The third-order valence-electron chi connectivity index (χ3n) is 4.54. The van der Waals surface area contributed by atoms with E-state index in [1.807, 2.05) is 6.08 Å². The van der Waals surface area contributed by atoms with Crippen LogP contribution in [0, 0.1) is 0 Å². The lowest BCUT2D eigenvalue weighted by molar-refractivity contribution is -0.131. The van der Waals surface area contributed by atoms with Crippen LogP contribution < -0.4 is 16.5 Å². The average Bonchev–Trinajstić information content (AvgIpc) is 2.77. The van der Waals surface area contributed by atoms with E-state index in [0.29, 0.717) is 24.1 Å². The summed E-state index contributed by atoms with van der Waals surface area (Å²) in [5, 5.41) is 11.9. The second-order valence-corrected chi connectivity index (χ2v) is 7.09. The van der Waals surface area contributed by atoms with Gasteiger partial charge in [-0.05, 0) is 56.9 Å². The van der Waals surface area contributed by atoms with Crippen LogP contribution in [-0.2, 0) is 21.0 Å². The summed E-state index contributed by atoms with van der Waals surface area (Å²) in [6.07, 6.45) is 17.3. The van der Waals surface area contributed by atoms with Gasteiger partial charge in [-0.15, -0.1) is 0 Å². The van der Waals surface area contributed by atoms with Gasteiger partial charge in [-0.3, -0.25) is 14.6 Å². The predicted octanol–water partition coefficient (Wildman–Crippen LogP) is 3.49. The number of hydroxylamine groups is 1. The van der Waals surface area contributed by atoms with Gasteiger partial charge in [-0.1, -0.05) is 25.0 Å². The van der Waals surface area contributed by atoms with Gasteiger partial charge in [0.05, 0.1) is 18.5 Å². The van der Waals surface area contributed by atoms with Crippen molar-refractivity contribution in [2.45, 2.75) is 70.8 Å². The highest BCUT2D eigenvalue weighted by molar-refractivity contribution is 5.90. The van der Waals surface area contributed by atoms with Gasteiger partial charge in [-0.2, -0.15) is 5.48 Å². The Labute approximate surface area is 184 Å². The van der Waals surface area contributed by atoms with Gasteiger partial charge in [0, 0.05) is 25.5 Å². The molecule has 0 aromatic carbocycles. The number of pyridine rings is 1. The summed E-state index contributed by atoms with van der Waals surface area (Å²) in [6, 6.07) is 1.70. The molecule has 1 aromatic heterocycles. The van der Waals surface area contributed by atoms with E-state index in [4.69, 9.17) is 9.94 Å². The number of nitrogens with one attached hydrogen (secondary N) is 2. The predicted molar refractivity (Wildman–Crippen MR) is 122 cm³/mol. The van der Waals surface area contributed by atoms with E-state index in [9.17, 15) is 9.59 Å². The van der Waals surface area contributed by atoms with E-state index in [2.05, 4.69) is 33.7 Å². The number of hydrogen-bond donors (Lipinski definition) is 4. The Morgan fingerprint density at radius 3 is 2.48 bits per heavy atom. The van der Waals surface area contributed by atoms with Crippen molar-refractivity contribution in [2.24, 2.45) is 5.73 Å². The van der Waals surface area contributed by atoms with Gasteiger partial charge >= 0.3 is 0 Å². The molecule has 5 N–H and O–H groups in total. The standard InChI is InChI=1S/C22H31N3O4.CH5N/c26-17-18-14-19(16-23-15-18)24-21(27)12-8-4-5-9-13-22(28)25-29-20-10-6-2-1-3-7-11-20;1-2/h1-2,11,14-16,26H,3-10,12-13,17H2,(H,24,27)(H,25,28);2H2,1H3/b2-1-,20-11+;. The molecule has 0 fully saturated rings. The molecule has 0 bridgehead atoms. The third kappa shape index (κ3) is 12.6. The van der Waals surface area contributed by atoms with Crippen LogP contribution >= 0.6 is 0 Å². The largest absolute Gasteiger partial charge is 0.392 e. The maximum atomic E-state index is 11.9. The van der Waals surface area contributed by atoms with E-state index >= 15 is 0 Å². The van der Waals surface area contributed by atoms with Crippen LogP contribution in [0.15, 0.2) is 42.4 Å². The van der Waals surface area contributed by atoms with Crippen LogP contribution in [0.4, 0.5) is 5.69 Å². The third-order valence-corrected chi connectivity index (χ3v) is 4.54. The fourth-order valence-corrected chi connectivity index (χ4v) is 2.96. The number of nitrogens with zero attached hydrogens (tertiary/aromatic N) is 1. The lowest BCUT2D eigenvalue weighted by Crippen LogP contribution is -2.23. The lowest BCUT2D eigenvalue weighted by atomic mass is 10.1. The summed E-state index contributed by atoms with van der Waals surface area (Å²) >= 11 is 0. The van der Waals surface area contributed by atoms with Crippen LogP contribution in [-0.4, -0.2) is 29.0 Å². The van der Waals surface area contributed by atoms with Gasteiger partial charge in [0.1, 0.15) is 5.76 Å². The van der Waals surface area contributed by atoms with Gasteiger partial charge in [0.25, 0.3) is 5.91 Å². The number of hydrogen-bond acceptors (Lipinski definition) is 6. The highest BCUT2D eigenvalue weighted by Crippen LogP contribution is 2.13. The summed E-state index contributed by atoms with van der Waals surface area (Å²) in [7, 11) is 1.50. The molecule has 31 heavy (non-hydrogen) atoms. The minimum atomic E-state index is -0.113. The number of anilines is 1. The van der Waals surface area contributed by atoms with Crippen molar-refractivity contribution in [3.8, 4) is 0 Å². The minimum absolute atomic E-state index is 0.0737. The molecule has 8 nitrogen and oxygen atoms in total. The Kier molecular flexibility index (Phi) is 14.5. The Hall–Kier alpha value is -2.71. The molecule has 0 unspecified atom stereocenters. The molecule has 2 amide bonds. The lowest BCUT2D eigenvalue weighted by Gasteiger charge is -2.11. The average molecular weight is 433 g/mol. The number of nitrogens with two attached hydrogens (primary N) is 1. The highest BCUT2D eigenvalue weighted by atomic mass is 16.7. The summed E-state index contributed by atoms with van der Waals surface area (Å²) < 4.78 is 0. The molecule has 2 rings (SSSR count). The van der Waals surface area contributed by atoms with Gasteiger partial charge in [0.15, 0.2) is 0 Å². The van der Waals surface area contributed by atoms with Crippen molar-refractivity contribution in [1.82, 2.24) is 10.5 Å². The molecule has 1 heterocycles. The Morgan fingerprint density at radius 1 is 1.03 bits per heavy atom. The van der Waals surface area contributed by atoms with E-state index in [1.165, 1.54) is 7.05 Å². The smallest absolute Gasteiger partial charge is 0.252 e. The molecule has 0 saturated heterocycles. The summed E-state index contributed by atoms with van der Waals surface area (Å²) in [4.78, 5) is 33.2. The van der Waals surface area contributed by atoms with Crippen LogP contribution in [0.5, 0.6) is 0 Å². The Balaban J connectivity index is 0.00000233. The summed E-state index contributed by atoms with van der Waals surface area (Å²) in [5.41, 5.74) is 8.28. The maximum absolute atomic E-state index is 11.9. The molecule has 172 valence electrons. The number of aliphatic hydroxyl groups is 1. The van der Waals surface area contributed by atoms with Crippen molar-refractivity contribution in [3.63, 3.8) is 0 Å². The normalized spacial score (nSPS) is 15.8. The second kappa shape index (κ2) is 17.0.